The molecule has 6 nitrogen and oxygen atoms in total. The minimum atomic E-state index is -3.52. The monoisotopic (exact) mass is 484 g/mol. The number of sulfonamides is 1. The van der Waals surface area contributed by atoms with E-state index in [1.807, 2.05) is 31.2 Å². The fourth-order valence-electron chi connectivity index (χ4n) is 3.52. The number of piperidine rings is 1. The summed E-state index contributed by atoms with van der Waals surface area (Å²) in [5.74, 6) is 0.349. The molecule has 0 aliphatic carbocycles. The number of para-hydroxylation sites is 1. The number of benzene rings is 2. The molecule has 2 aromatic rings. The number of nitrogens with zero attached hydrogens (tertiary/aromatic N) is 1. The maximum Gasteiger partial charge on any atom is 0.223 e. The number of carbonyl (C=O) groups excluding carboxylic acids is 1. The van der Waals surface area contributed by atoms with Crippen LogP contribution in [0.4, 0.5) is 0 Å². The Kier molecular flexibility index (Phi) is 8.22. The average Bonchev–Trinajstić information content (AvgIpc) is 2.74. The minimum absolute atomic E-state index is 0.0637. The maximum absolute atomic E-state index is 12.8. The average molecular weight is 485 g/mol. The van der Waals surface area contributed by atoms with Gasteiger partial charge in [-0.25, -0.2) is 12.7 Å². The summed E-state index contributed by atoms with van der Waals surface area (Å²) in [4.78, 5) is 12.4. The lowest BCUT2D eigenvalue weighted by atomic mass is 9.97. The van der Waals surface area contributed by atoms with Crippen LogP contribution in [0.3, 0.4) is 0 Å². The molecule has 0 unspecified atom stereocenters. The highest BCUT2D eigenvalue weighted by atomic mass is 35.5. The van der Waals surface area contributed by atoms with Crippen molar-refractivity contribution < 1.29 is 17.9 Å². The normalized spacial score (nSPS) is 15.6. The number of hydrogen-bond acceptors (Lipinski definition) is 4. The van der Waals surface area contributed by atoms with Gasteiger partial charge in [-0.3, -0.25) is 4.79 Å². The third-order valence-electron chi connectivity index (χ3n) is 5.32. The van der Waals surface area contributed by atoms with Gasteiger partial charge in [-0.15, -0.1) is 0 Å². The van der Waals surface area contributed by atoms with Gasteiger partial charge < -0.3 is 10.1 Å². The van der Waals surface area contributed by atoms with E-state index in [0.717, 1.165) is 11.3 Å². The zero-order chi connectivity index (χ0) is 22.4. The van der Waals surface area contributed by atoms with Crippen LogP contribution in [0.1, 0.15) is 24.0 Å². The number of aryl methyl sites for hydroxylation is 1. The first-order valence-electron chi connectivity index (χ1n) is 10.1. The highest BCUT2D eigenvalue weighted by Gasteiger charge is 2.31. The molecule has 1 heterocycles. The molecule has 3 rings (SSSR count). The number of amides is 1. The largest absolute Gasteiger partial charge is 0.491 e. The second-order valence-corrected chi connectivity index (χ2v) is 10.4. The van der Waals surface area contributed by atoms with Crippen LogP contribution in [0.2, 0.25) is 10.0 Å². The molecule has 1 aliphatic heterocycles. The van der Waals surface area contributed by atoms with Gasteiger partial charge in [0, 0.05) is 29.1 Å². The molecule has 0 saturated carbocycles. The molecule has 1 saturated heterocycles. The van der Waals surface area contributed by atoms with E-state index >= 15 is 0 Å². The summed E-state index contributed by atoms with van der Waals surface area (Å²) >= 11 is 12.0. The number of halogens is 2. The predicted octanol–water partition coefficient (Wildman–Crippen LogP) is 4.04. The Morgan fingerprint density at radius 1 is 1.16 bits per heavy atom. The number of carbonyl (C=O) groups is 1. The van der Waals surface area contributed by atoms with E-state index in [4.69, 9.17) is 27.9 Å². The molecule has 2 aromatic carbocycles. The number of hydrogen-bond donors (Lipinski definition) is 1. The summed E-state index contributed by atoms with van der Waals surface area (Å²) in [5, 5.41) is 3.68. The first-order chi connectivity index (χ1) is 14.8. The second-order valence-electron chi connectivity index (χ2n) is 7.57. The fraction of sp³-hybridized carbons (Fsp3) is 0.409. The first kappa shape index (κ1) is 23.9. The third kappa shape index (κ3) is 6.59. The lowest BCUT2D eigenvalue weighted by Crippen LogP contribution is -2.44. The SMILES string of the molecule is Cc1ccccc1OCCNC(=O)C1CCN(S(=O)(=O)Cc2ccc(Cl)cc2Cl)CC1. The predicted molar refractivity (Wildman–Crippen MR) is 123 cm³/mol. The number of ether oxygens (including phenoxy) is 1. The molecule has 1 aliphatic rings. The van der Waals surface area contributed by atoms with E-state index in [1.165, 1.54) is 10.4 Å². The van der Waals surface area contributed by atoms with E-state index in [1.54, 1.807) is 12.1 Å². The van der Waals surface area contributed by atoms with Crippen LogP contribution < -0.4 is 10.1 Å². The van der Waals surface area contributed by atoms with E-state index in [2.05, 4.69) is 5.32 Å². The molecular formula is C22H26Cl2N2O4S. The highest BCUT2D eigenvalue weighted by molar-refractivity contribution is 7.88. The van der Waals surface area contributed by atoms with Crippen LogP contribution >= 0.6 is 23.2 Å². The Balaban J connectivity index is 1.44. The molecule has 1 N–H and O–H groups in total. The zero-order valence-corrected chi connectivity index (χ0v) is 19.6. The van der Waals surface area contributed by atoms with Crippen LogP contribution in [-0.4, -0.2) is 44.9 Å². The van der Waals surface area contributed by atoms with Gasteiger partial charge in [-0.05, 0) is 49.1 Å². The van der Waals surface area contributed by atoms with Gasteiger partial charge in [-0.1, -0.05) is 47.5 Å². The van der Waals surface area contributed by atoms with Gasteiger partial charge in [0.15, 0.2) is 0 Å². The van der Waals surface area contributed by atoms with Crippen LogP contribution in [0, 0.1) is 12.8 Å². The molecule has 168 valence electrons. The highest BCUT2D eigenvalue weighted by Crippen LogP contribution is 2.26. The summed E-state index contributed by atoms with van der Waals surface area (Å²) in [6, 6.07) is 12.5. The van der Waals surface area contributed by atoms with Gasteiger partial charge in [-0.2, -0.15) is 0 Å². The van der Waals surface area contributed by atoms with E-state index in [0.29, 0.717) is 54.7 Å². The molecule has 1 fully saturated rings. The summed E-state index contributed by atoms with van der Waals surface area (Å²) < 4.78 is 32.6. The molecule has 0 radical (unpaired) electrons. The van der Waals surface area contributed by atoms with Crippen molar-refractivity contribution >= 4 is 39.1 Å². The topological polar surface area (TPSA) is 75.7 Å². The molecule has 9 heteroatoms. The third-order valence-corrected chi connectivity index (χ3v) is 7.74. The number of nitrogens with one attached hydrogen (secondary N) is 1. The standard InChI is InChI=1S/C22H26Cl2N2O4S/c1-16-4-2-3-5-21(16)30-13-10-25-22(27)17-8-11-26(12-9-17)31(28,29)15-18-6-7-19(23)14-20(18)24/h2-7,14,17H,8-13,15H2,1H3,(H,25,27). The smallest absolute Gasteiger partial charge is 0.223 e. The van der Waals surface area contributed by atoms with Crippen molar-refractivity contribution in [3.05, 3.63) is 63.6 Å². The van der Waals surface area contributed by atoms with Gasteiger partial charge in [0.25, 0.3) is 0 Å². The minimum Gasteiger partial charge on any atom is -0.491 e. The molecule has 0 bridgehead atoms. The lowest BCUT2D eigenvalue weighted by Gasteiger charge is -2.30. The summed E-state index contributed by atoms with van der Waals surface area (Å²) in [5.41, 5.74) is 1.56. The Bertz CT molecular complexity index is 1020. The van der Waals surface area contributed by atoms with Crippen molar-refractivity contribution in [2.75, 3.05) is 26.2 Å². The van der Waals surface area contributed by atoms with Gasteiger partial charge >= 0.3 is 0 Å². The van der Waals surface area contributed by atoms with Crippen molar-refractivity contribution in [1.82, 2.24) is 9.62 Å². The molecule has 1 amide bonds. The second kappa shape index (κ2) is 10.7. The summed E-state index contributed by atoms with van der Waals surface area (Å²) in [6.07, 6.45) is 0.968. The van der Waals surface area contributed by atoms with E-state index < -0.39 is 10.0 Å². The van der Waals surface area contributed by atoms with Crippen molar-refractivity contribution in [2.24, 2.45) is 5.92 Å². The van der Waals surface area contributed by atoms with Crippen molar-refractivity contribution in [1.29, 1.82) is 0 Å². The Labute approximate surface area is 193 Å². The van der Waals surface area contributed by atoms with E-state index in [-0.39, 0.29) is 17.6 Å². The molecule has 0 atom stereocenters. The van der Waals surface area contributed by atoms with Crippen LogP contribution in [0.15, 0.2) is 42.5 Å². The Hall–Kier alpha value is -1.80. The van der Waals surface area contributed by atoms with Crippen LogP contribution in [0.25, 0.3) is 0 Å². The molecule has 31 heavy (non-hydrogen) atoms. The van der Waals surface area contributed by atoms with Crippen LogP contribution in [-0.2, 0) is 20.6 Å². The Morgan fingerprint density at radius 3 is 2.55 bits per heavy atom. The quantitative estimate of drug-likeness (QED) is 0.573. The van der Waals surface area contributed by atoms with Gasteiger partial charge in [0.1, 0.15) is 12.4 Å². The fourth-order valence-corrected chi connectivity index (χ4v) is 5.67. The van der Waals surface area contributed by atoms with Crippen molar-refractivity contribution in [3.8, 4) is 5.75 Å². The van der Waals surface area contributed by atoms with E-state index in [9.17, 15) is 13.2 Å². The molecular weight excluding hydrogens is 459 g/mol. The summed E-state index contributed by atoms with van der Waals surface area (Å²) in [7, 11) is -3.52. The first-order valence-corrected chi connectivity index (χ1v) is 12.5. The van der Waals surface area contributed by atoms with Crippen molar-refractivity contribution in [2.45, 2.75) is 25.5 Å². The zero-order valence-electron chi connectivity index (χ0n) is 17.3. The van der Waals surface area contributed by atoms with Gasteiger partial charge in [0.05, 0.1) is 12.3 Å². The van der Waals surface area contributed by atoms with Crippen molar-refractivity contribution in [3.63, 3.8) is 0 Å². The Morgan fingerprint density at radius 2 is 1.87 bits per heavy atom. The maximum atomic E-state index is 12.8. The van der Waals surface area contributed by atoms with Crippen LogP contribution in [0.5, 0.6) is 5.75 Å². The lowest BCUT2D eigenvalue weighted by molar-refractivity contribution is -0.126. The molecule has 0 spiro atoms. The number of rotatable bonds is 8. The molecule has 0 aromatic heterocycles. The summed E-state index contributed by atoms with van der Waals surface area (Å²) in [6.45, 7) is 3.37. The van der Waals surface area contributed by atoms with Gasteiger partial charge in [0.2, 0.25) is 15.9 Å².